The molecule has 2 bridgehead atoms. The Hall–Kier alpha value is -2.84. The van der Waals surface area contributed by atoms with Crippen molar-refractivity contribution in [2.75, 3.05) is 11.4 Å². The maximum absolute atomic E-state index is 13.4. The molecule has 4 aromatic rings. The van der Waals surface area contributed by atoms with Gasteiger partial charge in [0.25, 0.3) is 5.56 Å². The summed E-state index contributed by atoms with van der Waals surface area (Å²) in [6.07, 6.45) is 5.90. The zero-order valence-electron chi connectivity index (χ0n) is 16.8. The molecule has 0 unspecified atom stereocenters. The zero-order chi connectivity index (χ0) is 20.7. The maximum Gasteiger partial charge on any atom is 0.264 e. The zero-order valence-corrected chi connectivity index (χ0v) is 17.5. The minimum absolute atomic E-state index is 0.0926. The predicted octanol–water partition coefficient (Wildman–Crippen LogP) is 2.39. The largest absolute Gasteiger partial charge is 0.345 e. The van der Waals surface area contributed by atoms with Gasteiger partial charge in [0.05, 0.1) is 15.9 Å². The molecule has 1 saturated carbocycles. The number of benzene rings is 1. The molecule has 8 nitrogen and oxygen atoms in total. The predicted molar refractivity (Wildman–Crippen MR) is 118 cm³/mol. The molecule has 2 aliphatic rings. The first-order valence-corrected chi connectivity index (χ1v) is 10.5. The molecule has 3 atom stereocenters. The van der Waals surface area contributed by atoms with E-state index in [-0.39, 0.29) is 17.6 Å². The summed E-state index contributed by atoms with van der Waals surface area (Å²) in [4.78, 5) is 23.6. The van der Waals surface area contributed by atoms with E-state index in [9.17, 15) is 4.79 Å². The third kappa shape index (κ3) is 2.29. The fourth-order valence-corrected chi connectivity index (χ4v) is 5.60. The summed E-state index contributed by atoms with van der Waals surface area (Å²) in [5, 5.41) is 6.38. The summed E-state index contributed by atoms with van der Waals surface area (Å²) in [5.74, 6) is 1.16. The lowest BCUT2D eigenvalue weighted by Crippen LogP contribution is -2.40. The smallest absolute Gasteiger partial charge is 0.264 e. The summed E-state index contributed by atoms with van der Waals surface area (Å²) >= 11 is 6.71. The Bertz CT molecular complexity index is 1380. The van der Waals surface area contributed by atoms with Crippen LogP contribution in [-0.4, -0.2) is 42.9 Å². The SMILES string of the molecule is Cn1cc2c(Cl)c(-c3c[nH]c4nc(N5C[C@H]6CC[C@@H]5[C@@H]6N)n(C)c(=O)c34)ccc2n1. The number of piperidine rings is 1. The lowest BCUT2D eigenvalue weighted by molar-refractivity contribution is 0.530. The molecule has 1 aliphatic heterocycles. The molecule has 0 radical (unpaired) electrons. The van der Waals surface area contributed by atoms with Gasteiger partial charge in [0.1, 0.15) is 5.65 Å². The van der Waals surface area contributed by atoms with E-state index in [0.717, 1.165) is 41.4 Å². The minimum Gasteiger partial charge on any atom is -0.345 e. The topological polar surface area (TPSA) is 97.8 Å². The van der Waals surface area contributed by atoms with Crippen molar-refractivity contribution in [2.24, 2.45) is 25.7 Å². The highest BCUT2D eigenvalue weighted by molar-refractivity contribution is 6.38. The van der Waals surface area contributed by atoms with Gasteiger partial charge in [0.15, 0.2) is 0 Å². The number of halogens is 1. The summed E-state index contributed by atoms with van der Waals surface area (Å²) in [5.41, 5.74) is 9.21. The number of rotatable bonds is 2. The van der Waals surface area contributed by atoms with Crippen molar-refractivity contribution < 1.29 is 0 Å². The van der Waals surface area contributed by atoms with Crippen LogP contribution in [0.25, 0.3) is 33.1 Å². The van der Waals surface area contributed by atoms with E-state index < -0.39 is 0 Å². The molecule has 3 aromatic heterocycles. The fraction of sp³-hybridized carbons (Fsp3) is 0.381. The van der Waals surface area contributed by atoms with Crippen molar-refractivity contribution in [1.29, 1.82) is 0 Å². The number of anilines is 1. The lowest BCUT2D eigenvalue weighted by atomic mass is 10.0. The van der Waals surface area contributed by atoms with Gasteiger partial charge in [-0.25, -0.2) is 0 Å². The Balaban J connectivity index is 1.53. The second-order valence-electron chi connectivity index (χ2n) is 8.50. The van der Waals surface area contributed by atoms with Gasteiger partial charge in [-0.2, -0.15) is 10.1 Å². The lowest BCUT2D eigenvalue weighted by Gasteiger charge is -2.29. The monoisotopic (exact) mass is 423 g/mol. The van der Waals surface area contributed by atoms with Crippen LogP contribution in [0.5, 0.6) is 0 Å². The third-order valence-electron chi connectivity index (χ3n) is 6.83. The number of H-pyrrole nitrogens is 1. The number of hydrogen-bond donors (Lipinski definition) is 2. The van der Waals surface area contributed by atoms with Crippen LogP contribution < -0.4 is 16.2 Å². The van der Waals surface area contributed by atoms with E-state index >= 15 is 0 Å². The highest BCUT2D eigenvalue weighted by Crippen LogP contribution is 2.40. The van der Waals surface area contributed by atoms with E-state index in [1.807, 2.05) is 31.6 Å². The second-order valence-corrected chi connectivity index (χ2v) is 8.88. The third-order valence-corrected chi connectivity index (χ3v) is 7.24. The van der Waals surface area contributed by atoms with E-state index in [4.69, 9.17) is 22.3 Å². The number of nitrogens with one attached hydrogen (secondary N) is 1. The molecule has 0 spiro atoms. The fourth-order valence-electron chi connectivity index (χ4n) is 5.28. The van der Waals surface area contributed by atoms with Crippen molar-refractivity contribution >= 4 is 39.5 Å². The van der Waals surface area contributed by atoms with Crippen LogP contribution in [0.3, 0.4) is 0 Å². The molecule has 0 amide bonds. The van der Waals surface area contributed by atoms with Crippen molar-refractivity contribution in [3.63, 3.8) is 0 Å². The number of aromatic nitrogens is 5. The van der Waals surface area contributed by atoms with Crippen molar-refractivity contribution in [1.82, 2.24) is 24.3 Å². The molecule has 4 heterocycles. The molecular weight excluding hydrogens is 402 g/mol. The minimum atomic E-state index is -0.0926. The Labute approximate surface area is 177 Å². The molecule has 1 aromatic carbocycles. The number of fused-ring (bicyclic) bond motifs is 4. The number of hydrogen-bond acceptors (Lipinski definition) is 5. The summed E-state index contributed by atoms with van der Waals surface area (Å²) in [6, 6.07) is 4.24. The van der Waals surface area contributed by atoms with Gasteiger partial charge < -0.3 is 15.6 Å². The molecule has 1 saturated heterocycles. The highest BCUT2D eigenvalue weighted by Gasteiger charge is 2.46. The van der Waals surface area contributed by atoms with Gasteiger partial charge in [-0.1, -0.05) is 17.7 Å². The molecule has 9 heteroatoms. The van der Waals surface area contributed by atoms with Gasteiger partial charge in [0, 0.05) is 61.6 Å². The van der Waals surface area contributed by atoms with Crippen LogP contribution >= 0.6 is 11.6 Å². The van der Waals surface area contributed by atoms with Crippen LogP contribution in [0.1, 0.15) is 12.8 Å². The van der Waals surface area contributed by atoms with Crippen LogP contribution in [-0.2, 0) is 14.1 Å². The summed E-state index contributed by atoms with van der Waals surface area (Å²) in [6.45, 7) is 0.856. The van der Waals surface area contributed by atoms with Crippen molar-refractivity contribution in [3.8, 4) is 11.1 Å². The molecule has 6 rings (SSSR count). The van der Waals surface area contributed by atoms with Crippen molar-refractivity contribution in [2.45, 2.75) is 24.9 Å². The quantitative estimate of drug-likeness (QED) is 0.516. The second kappa shape index (κ2) is 6.09. The van der Waals surface area contributed by atoms with Crippen LogP contribution in [0.2, 0.25) is 5.02 Å². The number of nitrogens with two attached hydrogens (primary N) is 1. The first-order chi connectivity index (χ1) is 14.4. The maximum atomic E-state index is 13.4. The summed E-state index contributed by atoms with van der Waals surface area (Å²) < 4.78 is 3.38. The average Bonchev–Trinajstić information content (AvgIpc) is 3.48. The molecule has 1 aliphatic carbocycles. The highest BCUT2D eigenvalue weighted by atomic mass is 35.5. The standard InChI is InChI=1S/C21H22ClN7O/c1-27-9-13-14(26-27)5-4-11(17(13)22)12-7-24-19-16(12)20(30)28(2)21(25-19)29-8-10-3-6-15(29)18(10)23/h4-5,7,9-10,15,18,24H,3,6,8,23H2,1-2H3/t10-,15-,18-/m1/s1. The first kappa shape index (κ1) is 18.0. The first-order valence-electron chi connectivity index (χ1n) is 10.2. The van der Waals surface area contributed by atoms with Crippen molar-refractivity contribution in [3.05, 3.63) is 39.9 Å². The summed E-state index contributed by atoms with van der Waals surface area (Å²) in [7, 11) is 3.64. The van der Waals surface area contributed by atoms with Gasteiger partial charge in [-0.3, -0.25) is 14.0 Å². The van der Waals surface area contributed by atoms with E-state index in [1.165, 1.54) is 0 Å². The molecule has 154 valence electrons. The molecule has 3 N–H and O–H groups in total. The Kier molecular flexibility index (Phi) is 3.65. The van der Waals surface area contributed by atoms with E-state index in [1.54, 1.807) is 16.3 Å². The Morgan fingerprint density at radius 1 is 1.23 bits per heavy atom. The van der Waals surface area contributed by atoms with Gasteiger partial charge >= 0.3 is 0 Å². The van der Waals surface area contributed by atoms with Gasteiger partial charge in [0.2, 0.25) is 5.95 Å². The normalized spacial score (nSPS) is 23.3. The number of aryl methyl sites for hydroxylation is 1. The number of aromatic amines is 1. The van der Waals surface area contributed by atoms with Crippen LogP contribution in [0.15, 0.2) is 29.3 Å². The molecule has 2 fully saturated rings. The van der Waals surface area contributed by atoms with Gasteiger partial charge in [-0.05, 0) is 24.8 Å². The van der Waals surface area contributed by atoms with Crippen LogP contribution in [0, 0.1) is 5.92 Å². The Morgan fingerprint density at radius 2 is 2.07 bits per heavy atom. The molecule has 30 heavy (non-hydrogen) atoms. The van der Waals surface area contributed by atoms with E-state index in [2.05, 4.69) is 15.0 Å². The average molecular weight is 424 g/mol. The number of nitrogens with zero attached hydrogens (tertiary/aromatic N) is 5. The van der Waals surface area contributed by atoms with Gasteiger partial charge in [-0.15, -0.1) is 0 Å². The van der Waals surface area contributed by atoms with E-state index in [0.29, 0.717) is 27.9 Å². The van der Waals surface area contributed by atoms with Crippen LogP contribution in [0.4, 0.5) is 5.95 Å². The Morgan fingerprint density at radius 3 is 2.80 bits per heavy atom. The molecular formula is C21H22ClN7O.